The van der Waals surface area contributed by atoms with Crippen molar-refractivity contribution in [2.24, 2.45) is 10.9 Å². The number of rotatable bonds is 5. The molecule has 0 saturated carbocycles. The standard InChI is InChI=1S/C44H36N2/c1-29-20-22-32(23-21-29)34-24-25-43-40(28-34)39-17-9-10-19-42(39)46(43)31(3)45-41(33-12-5-4-6-13-33)26-30(2)37-18-11-15-36-27-35-14-7-8-16-38(35)44(36)37/h4-20,22-26,28-29H,2,21,27H2,1,3H3/b41-26-,45-31?. The maximum Gasteiger partial charge on any atom is 0.111 e. The van der Waals surface area contributed by atoms with Crippen molar-refractivity contribution in [3.63, 3.8) is 0 Å². The van der Waals surface area contributed by atoms with Gasteiger partial charge in [-0.25, -0.2) is 4.99 Å². The first-order valence-electron chi connectivity index (χ1n) is 16.2. The van der Waals surface area contributed by atoms with Crippen molar-refractivity contribution in [1.29, 1.82) is 0 Å². The average molecular weight is 593 g/mol. The number of fused-ring (bicyclic) bond motifs is 6. The number of aliphatic imine (C=N–C) groups is 1. The molecule has 6 aromatic rings. The van der Waals surface area contributed by atoms with Crippen molar-refractivity contribution < 1.29 is 0 Å². The number of para-hydroxylation sites is 1. The number of hydrogen-bond donors (Lipinski definition) is 0. The minimum atomic E-state index is 0.592. The zero-order valence-electron chi connectivity index (χ0n) is 26.4. The van der Waals surface area contributed by atoms with Crippen LogP contribution >= 0.6 is 0 Å². The van der Waals surface area contributed by atoms with Crippen molar-refractivity contribution >= 4 is 44.5 Å². The van der Waals surface area contributed by atoms with Crippen LogP contribution in [-0.4, -0.2) is 10.4 Å². The lowest BCUT2D eigenvalue weighted by atomic mass is 9.93. The molecular weight excluding hydrogens is 556 g/mol. The summed E-state index contributed by atoms with van der Waals surface area (Å²) >= 11 is 0. The third-order valence-corrected chi connectivity index (χ3v) is 9.47. The minimum Gasteiger partial charge on any atom is -0.297 e. The van der Waals surface area contributed by atoms with E-state index in [0.717, 1.165) is 52.1 Å². The van der Waals surface area contributed by atoms with Gasteiger partial charge in [-0.1, -0.05) is 129 Å². The normalized spacial score (nSPS) is 16.0. The van der Waals surface area contributed by atoms with Gasteiger partial charge in [0.1, 0.15) is 5.84 Å². The fourth-order valence-corrected chi connectivity index (χ4v) is 7.16. The quantitative estimate of drug-likeness (QED) is 0.107. The Morgan fingerprint density at radius 1 is 0.804 bits per heavy atom. The van der Waals surface area contributed by atoms with E-state index >= 15 is 0 Å². The summed E-state index contributed by atoms with van der Waals surface area (Å²) in [5.41, 5.74) is 14.3. The van der Waals surface area contributed by atoms with Crippen LogP contribution in [0.5, 0.6) is 0 Å². The Hall–Kier alpha value is -5.47. The maximum atomic E-state index is 5.37. The third-order valence-electron chi connectivity index (χ3n) is 9.47. The molecule has 2 heteroatoms. The molecule has 222 valence electrons. The lowest BCUT2D eigenvalue weighted by Crippen LogP contribution is -2.07. The first-order valence-corrected chi connectivity index (χ1v) is 16.2. The summed E-state index contributed by atoms with van der Waals surface area (Å²) in [6, 6.07) is 41.3. The SMILES string of the molecule is C=C(/C=C(\N=C(C)n1c2ccccc2c2cc(C3=CCC(C)C=C3)ccc21)c1ccccc1)c1cccc2c1-c1ccccc1C2. The van der Waals surface area contributed by atoms with Crippen molar-refractivity contribution in [1.82, 2.24) is 4.57 Å². The average Bonchev–Trinajstić information content (AvgIpc) is 3.64. The van der Waals surface area contributed by atoms with E-state index in [0.29, 0.717) is 5.92 Å². The smallest absolute Gasteiger partial charge is 0.111 e. The number of benzene rings is 5. The van der Waals surface area contributed by atoms with Crippen LogP contribution in [0.4, 0.5) is 0 Å². The molecule has 2 aliphatic carbocycles. The number of hydrogen-bond acceptors (Lipinski definition) is 1. The van der Waals surface area contributed by atoms with Gasteiger partial charge in [-0.2, -0.15) is 0 Å². The molecule has 8 rings (SSSR count). The van der Waals surface area contributed by atoms with E-state index in [-0.39, 0.29) is 0 Å². The summed E-state index contributed by atoms with van der Waals surface area (Å²) in [6.45, 7) is 8.99. The van der Waals surface area contributed by atoms with Crippen LogP contribution in [0.25, 0.3) is 49.8 Å². The number of allylic oxidation sites excluding steroid dienone is 6. The van der Waals surface area contributed by atoms with Crippen molar-refractivity contribution in [3.8, 4) is 11.1 Å². The Morgan fingerprint density at radius 3 is 2.41 bits per heavy atom. The molecule has 1 unspecified atom stereocenters. The van der Waals surface area contributed by atoms with Gasteiger partial charge < -0.3 is 0 Å². The van der Waals surface area contributed by atoms with Crippen LogP contribution in [0, 0.1) is 5.92 Å². The Labute approximate surface area is 271 Å². The van der Waals surface area contributed by atoms with E-state index < -0.39 is 0 Å². The van der Waals surface area contributed by atoms with Gasteiger partial charge in [-0.3, -0.25) is 4.57 Å². The van der Waals surface area contributed by atoms with E-state index in [1.807, 2.05) is 0 Å². The lowest BCUT2D eigenvalue weighted by Gasteiger charge is -2.13. The molecule has 0 radical (unpaired) electrons. The predicted octanol–water partition coefficient (Wildman–Crippen LogP) is 11.4. The molecule has 0 bridgehead atoms. The van der Waals surface area contributed by atoms with Gasteiger partial charge in [0.25, 0.3) is 0 Å². The molecule has 0 aliphatic heterocycles. The number of aromatic nitrogens is 1. The van der Waals surface area contributed by atoms with E-state index in [1.54, 1.807) is 0 Å². The van der Waals surface area contributed by atoms with E-state index in [1.165, 1.54) is 44.2 Å². The summed E-state index contributed by atoms with van der Waals surface area (Å²) in [4.78, 5) is 5.37. The predicted molar refractivity (Wildman–Crippen MR) is 197 cm³/mol. The van der Waals surface area contributed by atoms with Crippen LogP contribution in [0.3, 0.4) is 0 Å². The zero-order valence-corrected chi connectivity index (χ0v) is 26.4. The highest BCUT2D eigenvalue weighted by atomic mass is 15.1. The first-order chi connectivity index (χ1) is 22.5. The second-order valence-electron chi connectivity index (χ2n) is 12.6. The van der Waals surface area contributed by atoms with Crippen LogP contribution in [-0.2, 0) is 6.42 Å². The van der Waals surface area contributed by atoms with Crippen molar-refractivity contribution in [2.75, 3.05) is 0 Å². The summed E-state index contributed by atoms with van der Waals surface area (Å²) < 4.78 is 2.30. The molecule has 0 N–H and O–H groups in total. The lowest BCUT2D eigenvalue weighted by molar-refractivity contribution is 0.739. The topological polar surface area (TPSA) is 17.3 Å². The minimum absolute atomic E-state index is 0.592. The molecule has 1 aromatic heterocycles. The summed E-state index contributed by atoms with van der Waals surface area (Å²) in [5.74, 6) is 1.51. The largest absolute Gasteiger partial charge is 0.297 e. The Morgan fingerprint density at radius 2 is 1.57 bits per heavy atom. The van der Waals surface area contributed by atoms with Gasteiger partial charge in [-0.15, -0.1) is 0 Å². The van der Waals surface area contributed by atoms with Crippen molar-refractivity contribution in [3.05, 3.63) is 174 Å². The maximum absolute atomic E-state index is 5.37. The highest BCUT2D eigenvalue weighted by molar-refractivity contribution is 6.15. The van der Waals surface area contributed by atoms with Crippen LogP contribution in [0.15, 0.2) is 151 Å². The zero-order chi connectivity index (χ0) is 31.2. The van der Waals surface area contributed by atoms with Gasteiger partial charge >= 0.3 is 0 Å². The fraction of sp³-hybridized carbons (Fsp3) is 0.114. The van der Waals surface area contributed by atoms with E-state index in [4.69, 9.17) is 4.99 Å². The van der Waals surface area contributed by atoms with Crippen LogP contribution in [0.1, 0.15) is 48.1 Å². The molecule has 0 spiro atoms. The summed E-state index contributed by atoms with van der Waals surface area (Å²) in [5, 5.41) is 2.47. The highest BCUT2D eigenvalue weighted by Crippen LogP contribution is 2.42. The summed E-state index contributed by atoms with van der Waals surface area (Å²) in [7, 11) is 0. The molecule has 0 fully saturated rings. The van der Waals surface area contributed by atoms with Gasteiger partial charge in [0.2, 0.25) is 0 Å². The molecular formula is C44H36N2. The highest BCUT2D eigenvalue weighted by Gasteiger charge is 2.22. The number of nitrogens with zero attached hydrogens (tertiary/aromatic N) is 2. The Bertz CT molecular complexity index is 2290. The van der Waals surface area contributed by atoms with E-state index in [9.17, 15) is 0 Å². The molecule has 5 aromatic carbocycles. The molecule has 1 atom stereocenters. The van der Waals surface area contributed by atoms with E-state index in [2.05, 4.69) is 165 Å². The van der Waals surface area contributed by atoms with Crippen LogP contribution < -0.4 is 0 Å². The second-order valence-corrected chi connectivity index (χ2v) is 12.6. The molecule has 0 amide bonds. The van der Waals surface area contributed by atoms with Gasteiger partial charge in [-0.05, 0) is 94.5 Å². The third kappa shape index (κ3) is 4.87. The fourth-order valence-electron chi connectivity index (χ4n) is 7.16. The molecule has 1 heterocycles. The van der Waals surface area contributed by atoms with Gasteiger partial charge in [0.05, 0.1) is 16.7 Å². The molecule has 2 nitrogen and oxygen atoms in total. The van der Waals surface area contributed by atoms with Gasteiger partial charge in [0.15, 0.2) is 0 Å². The van der Waals surface area contributed by atoms with Crippen LogP contribution in [0.2, 0.25) is 0 Å². The van der Waals surface area contributed by atoms with Gasteiger partial charge in [0, 0.05) is 16.3 Å². The van der Waals surface area contributed by atoms with Crippen molar-refractivity contribution in [2.45, 2.75) is 26.7 Å². The molecule has 2 aliphatic rings. The molecule has 46 heavy (non-hydrogen) atoms. The molecule has 0 saturated heterocycles. The Kier molecular flexibility index (Phi) is 6.99. The summed E-state index contributed by atoms with van der Waals surface area (Å²) in [6.07, 6.45) is 11.1. The Balaban J connectivity index is 1.26. The second kappa shape index (κ2) is 11.5. The first kappa shape index (κ1) is 28.0. The monoisotopic (exact) mass is 592 g/mol.